The van der Waals surface area contributed by atoms with Gasteiger partial charge in [0.15, 0.2) is 8.32 Å². The Morgan fingerprint density at radius 3 is 2.41 bits per heavy atom. The second-order valence-electron chi connectivity index (χ2n) is 8.64. The van der Waals surface area contributed by atoms with Gasteiger partial charge in [-0.15, -0.1) is 6.42 Å². The molecule has 1 unspecified atom stereocenters. The predicted molar refractivity (Wildman–Crippen MR) is 97.4 cm³/mol. The van der Waals surface area contributed by atoms with Crippen LogP contribution in [0.15, 0.2) is 11.1 Å². The molecule has 1 atom stereocenters. The zero-order valence-corrected chi connectivity index (χ0v) is 16.8. The summed E-state index contributed by atoms with van der Waals surface area (Å²) in [6.07, 6.45) is 7.65. The monoisotopic (exact) mass is 322 g/mol. The molecule has 0 aromatic heterocycles. The van der Waals surface area contributed by atoms with Crippen LogP contribution in [0.5, 0.6) is 0 Å². The summed E-state index contributed by atoms with van der Waals surface area (Å²) in [5, 5.41) is 0.236. The van der Waals surface area contributed by atoms with Gasteiger partial charge in [0.1, 0.15) is 6.61 Å². The van der Waals surface area contributed by atoms with Crippen LogP contribution in [0.4, 0.5) is 0 Å². The van der Waals surface area contributed by atoms with Gasteiger partial charge in [-0.3, -0.25) is 0 Å². The molecule has 0 spiro atoms. The molecule has 0 heterocycles. The minimum absolute atomic E-state index is 0.155. The summed E-state index contributed by atoms with van der Waals surface area (Å²) in [4.78, 5) is 0. The first kappa shape index (κ1) is 19.5. The largest absolute Gasteiger partial charge is 0.413 e. The van der Waals surface area contributed by atoms with Crippen molar-refractivity contribution in [2.24, 2.45) is 5.41 Å². The fraction of sp³-hybridized carbons (Fsp3) is 0.789. The predicted octanol–water partition coefficient (Wildman–Crippen LogP) is 5.16. The molecule has 0 aromatic rings. The van der Waals surface area contributed by atoms with E-state index in [1.54, 1.807) is 0 Å². The maximum Gasteiger partial charge on any atom is 0.192 e. The van der Waals surface area contributed by atoms with Gasteiger partial charge in [-0.2, -0.15) is 0 Å². The van der Waals surface area contributed by atoms with E-state index in [-0.39, 0.29) is 16.6 Å². The molecule has 0 fully saturated rings. The van der Waals surface area contributed by atoms with E-state index >= 15 is 0 Å². The first-order valence-corrected chi connectivity index (χ1v) is 11.2. The quantitative estimate of drug-likeness (QED) is 0.395. The van der Waals surface area contributed by atoms with Gasteiger partial charge in [0.2, 0.25) is 0 Å². The molecule has 2 nitrogen and oxygen atoms in total. The molecule has 126 valence electrons. The molecule has 22 heavy (non-hydrogen) atoms. The van der Waals surface area contributed by atoms with Crippen molar-refractivity contribution in [1.29, 1.82) is 0 Å². The number of hydrogen-bond donors (Lipinski definition) is 0. The van der Waals surface area contributed by atoms with Crippen LogP contribution in [-0.2, 0) is 9.16 Å². The number of rotatable bonds is 5. The van der Waals surface area contributed by atoms with Gasteiger partial charge in [-0.1, -0.05) is 40.5 Å². The molecule has 0 amide bonds. The van der Waals surface area contributed by atoms with Crippen LogP contribution in [0.1, 0.15) is 54.4 Å². The normalized spacial score (nSPS) is 22.6. The Hall–Kier alpha value is -0.563. The van der Waals surface area contributed by atoms with Crippen molar-refractivity contribution in [3.05, 3.63) is 11.1 Å². The second kappa shape index (κ2) is 6.91. The van der Waals surface area contributed by atoms with Crippen molar-refractivity contribution in [3.8, 4) is 12.3 Å². The number of ether oxygens (including phenoxy) is 1. The van der Waals surface area contributed by atoms with E-state index in [1.165, 1.54) is 11.1 Å². The lowest BCUT2D eigenvalue weighted by molar-refractivity contribution is 0.0744. The number of terminal acetylenes is 1. The fourth-order valence-electron chi connectivity index (χ4n) is 2.72. The van der Waals surface area contributed by atoms with Crippen molar-refractivity contribution >= 4 is 8.32 Å². The van der Waals surface area contributed by atoms with Crippen molar-refractivity contribution in [2.45, 2.75) is 78.6 Å². The number of hydrogen-bond acceptors (Lipinski definition) is 2. The van der Waals surface area contributed by atoms with Crippen LogP contribution in [0.2, 0.25) is 18.1 Å². The Morgan fingerprint density at radius 2 is 1.91 bits per heavy atom. The standard InChI is InChI=1S/C19H34O2Si/c1-10-13-20-17-11-12-19(6,7)16(15(17)2)14-21-22(8,9)18(3,4)5/h1,17H,11-14H2,2-9H3. The summed E-state index contributed by atoms with van der Waals surface area (Å²) in [6, 6.07) is 0. The maximum absolute atomic E-state index is 6.48. The third-order valence-corrected chi connectivity index (χ3v) is 10.0. The Bertz CT molecular complexity index is 461. The van der Waals surface area contributed by atoms with E-state index in [4.69, 9.17) is 15.6 Å². The van der Waals surface area contributed by atoms with E-state index in [0.29, 0.717) is 6.61 Å². The molecule has 0 saturated heterocycles. The molecule has 3 heteroatoms. The Labute approximate surface area is 138 Å². The molecule has 0 saturated carbocycles. The van der Waals surface area contributed by atoms with Crippen LogP contribution in [0.3, 0.4) is 0 Å². The minimum atomic E-state index is -1.74. The first-order valence-electron chi connectivity index (χ1n) is 8.31. The van der Waals surface area contributed by atoms with Crippen LogP contribution >= 0.6 is 0 Å². The zero-order valence-electron chi connectivity index (χ0n) is 15.8. The first-order chi connectivity index (χ1) is 9.92. The summed E-state index contributed by atoms with van der Waals surface area (Å²) in [5.74, 6) is 2.58. The highest BCUT2D eigenvalue weighted by Gasteiger charge is 2.39. The fourth-order valence-corrected chi connectivity index (χ4v) is 3.66. The van der Waals surface area contributed by atoms with Gasteiger partial charge in [0.05, 0.1) is 12.7 Å². The molecular formula is C19H34O2Si. The van der Waals surface area contributed by atoms with Crippen molar-refractivity contribution in [3.63, 3.8) is 0 Å². The average molecular weight is 323 g/mol. The van der Waals surface area contributed by atoms with Crippen LogP contribution in [0.25, 0.3) is 0 Å². The SMILES string of the molecule is C#CCOC1CCC(C)(C)C(CO[Si](C)(C)C(C)(C)C)=C1C. The van der Waals surface area contributed by atoms with Gasteiger partial charge in [0.25, 0.3) is 0 Å². The maximum atomic E-state index is 6.48. The Balaban J connectivity index is 2.94. The average Bonchev–Trinajstić information content (AvgIpc) is 2.35. The summed E-state index contributed by atoms with van der Waals surface area (Å²) in [7, 11) is -1.74. The molecule has 0 aromatic carbocycles. The topological polar surface area (TPSA) is 18.5 Å². The molecule has 0 bridgehead atoms. The van der Waals surface area contributed by atoms with E-state index in [9.17, 15) is 0 Å². The third kappa shape index (κ3) is 4.47. The molecule has 1 aliphatic carbocycles. The molecule has 1 aliphatic rings. The van der Waals surface area contributed by atoms with Crippen molar-refractivity contribution < 1.29 is 9.16 Å². The van der Waals surface area contributed by atoms with Gasteiger partial charge in [0, 0.05) is 0 Å². The van der Waals surface area contributed by atoms with E-state index in [0.717, 1.165) is 19.4 Å². The van der Waals surface area contributed by atoms with Gasteiger partial charge < -0.3 is 9.16 Å². The van der Waals surface area contributed by atoms with E-state index < -0.39 is 8.32 Å². The minimum Gasteiger partial charge on any atom is -0.413 e. The van der Waals surface area contributed by atoms with Crippen molar-refractivity contribution in [1.82, 2.24) is 0 Å². The molecule has 0 radical (unpaired) electrons. The lowest BCUT2D eigenvalue weighted by atomic mass is 9.72. The third-order valence-electron chi connectivity index (χ3n) is 5.56. The van der Waals surface area contributed by atoms with Crippen LogP contribution < -0.4 is 0 Å². The Morgan fingerprint density at radius 1 is 1.32 bits per heavy atom. The van der Waals surface area contributed by atoms with Gasteiger partial charge in [-0.05, 0) is 54.5 Å². The second-order valence-corrected chi connectivity index (χ2v) is 13.4. The summed E-state index contributed by atoms with van der Waals surface area (Å²) in [5.41, 5.74) is 2.92. The lowest BCUT2D eigenvalue weighted by Crippen LogP contribution is -2.42. The van der Waals surface area contributed by atoms with E-state index in [1.807, 2.05) is 0 Å². The van der Waals surface area contributed by atoms with Gasteiger partial charge >= 0.3 is 0 Å². The Kier molecular flexibility index (Phi) is 6.12. The van der Waals surface area contributed by atoms with Crippen LogP contribution in [-0.4, -0.2) is 27.6 Å². The van der Waals surface area contributed by atoms with Gasteiger partial charge in [-0.25, -0.2) is 0 Å². The molecule has 0 N–H and O–H groups in total. The highest BCUT2D eigenvalue weighted by molar-refractivity contribution is 6.74. The molecule has 1 rings (SSSR count). The molecule has 0 aliphatic heterocycles. The zero-order chi connectivity index (χ0) is 17.2. The van der Waals surface area contributed by atoms with E-state index in [2.05, 4.69) is 60.6 Å². The molecular weight excluding hydrogens is 288 g/mol. The summed E-state index contributed by atoms with van der Waals surface area (Å²) in [6.45, 7) is 19.4. The highest BCUT2D eigenvalue weighted by Crippen LogP contribution is 2.43. The van der Waals surface area contributed by atoms with Crippen molar-refractivity contribution in [2.75, 3.05) is 13.2 Å². The lowest BCUT2D eigenvalue weighted by Gasteiger charge is -2.41. The summed E-state index contributed by atoms with van der Waals surface area (Å²) < 4.78 is 12.3. The smallest absolute Gasteiger partial charge is 0.192 e. The highest BCUT2D eigenvalue weighted by atomic mass is 28.4. The van der Waals surface area contributed by atoms with Crippen LogP contribution in [0, 0.1) is 17.8 Å². The summed E-state index contributed by atoms with van der Waals surface area (Å²) >= 11 is 0.